The number of fused-ring (bicyclic) bond motifs is 1. The molecule has 1 saturated heterocycles. The second-order valence-corrected chi connectivity index (χ2v) is 9.75. The lowest BCUT2D eigenvalue weighted by atomic mass is 10.1. The molecule has 2 N–H and O–H groups in total. The van der Waals surface area contributed by atoms with Crippen molar-refractivity contribution >= 4 is 17.2 Å². The van der Waals surface area contributed by atoms with Crippen LogP contribution in [0.15, 0.2) is 52.9 Å². The van der Waals surface area contributed by atoms with E-state index in [9.17, 15) is 4.79 Å². The summed E-state index contributed by atoms with van der Waals surface area (Å²) in [6, 6.07) is 16.0. The number of hydrogen-bond donors (Lipinski definition) is 1. The number of amides is 1. The molecule has 1 fully saturated rings. The molecule has 3 aromatic rings. The summed E-state index contributed by atoms with van der Waals surface area (Å²) in [6.45, 7) is 9.62. The number of oxazole rings is 1. The molecule has 4 rings (SSSR count). The van der Waals surface area contributed by atoms with E-state index in [0.29, 0.717) is 18.9 Å². The van der Waals surface area contributed by atoms with Crippen molar-refractivity contribution < 1.29 is 13.9 Å². The maximum Gasteiger partial charge on any atom is 0.410 e. The molecular formula is C26H34N4O3. The van der Waals surface area contributed by atoms with Gasteiger partial charge in [-0.1, -0.05) is 36.4 Å². The third kappa shape index (κ3) is 6.33. The Balaban J connectivity index is 1.37. The van der Waals surface area contributed by atoms with Crippen LogP contribution in [0.2, 0.25) is 0 Å². The van der Waals surface area contributed by atoms with Gasteiger partial charge in [0.1, 0.15) is 11.1 Å². The molecule has 1 aromatic heterocycles. The van der Waals surface area contributed by atoms with E-state index in [0.717, 1.165) is 49.3 Å². The average Bonchev–Trinajstić information content (AvgIpc) is 3.05. The fourth-order valence-electron chi connectivity index (χ4n) is 4.10. The summed E-state index contributed by atoms with van der Waals surface area (Å²) in [5, 5.41) is 0. The number of benzene rings is 2. The minimum absolute atomic E-state index is 0.229. The van der Waals surface area contributed by atoms with Crippen LogP contribution in [0.1, 0.15) is 50.3 Å². The van der Waals surface area contributed by atoms with Crippen LogP contribution in [0.3, 0.4) is 0 Å². The summed E-state index contributed by atoms with van der Waals surface area (Å²) >= 11 is 0. The molecule has 1 aliphatic heterocycles. The van der Waals surface area contributed by atoms with E-state index in [-0.39, 0.29) is 12.1 Å². The Morgan fingerprint density at radius 3 is 2.64 bits per heavy atom. The Kier molecular flexibility index (Phi) is 7.00. The lowest BCUT2D eigenvalue weighted by Gasteiger charge is -2.26. The SMILES string of the molecule is CC(C)(C)OC(=O)N1CCCN(Cc2ccc3oc(C(N)Cc4ccccc4)nc3c2)CC1. The zero-order valence-electron chi connectivity index (χ0n) is 19.8. The van der Waals surface area contributed by atoms with Crippen molar-refractivity contribution in [1.82, 2.24) is 14.8 Å². The fourth-order valence-corrected chi connectivity index (χ4v) is 4.10. The largest absolute Gasteiger partial charge is 0.444 e. The minimum atomic E-state index is -0.474. The molecule has 0 radical (unpaired) electrons. The van der Waals surface area contributed by atoms with Crippen LogP contribution >= 0.6 is 0 Å². The van der Waals surface area contributed by atoms with Gasteiger partial charge >= 0.3 is 6.09 Å². The van der Waals surface area contributed by atoms with Crippen molar-refractivity contribution in [3.8, 4) is 0 Å². The topological polar surface area (TPSA) is 84.8 Å². The molecule has 7 nitrogen and oxygen atoms in total. The number of aromatic nitrogens is 1. The number of hydrogen-bond acceptors (Lipinski definition) is 6. The van der Waals surface area contributed by atoms with E-state index in [1.165, 1.54) is 5.56 Å². The van der Waals surface area contributed by atoms with Crippen LogP contribution in [-0.4, -0.2) is 52.7 Å². The van der Waals surface area contributed by atoms with E-state index in [4.69, 9.17) is 14.9 Å². The normalized spacial score (nSPS) is 16.5. The van der Waals surface area contributed by atoms with Crippen LogP contribution in [0, 0.1) is 0 Å². The van der Waals surface area contributed by atoms with E-state index >= 15 is 0 Å². The molecule has 33 heavy (non-hydrogen) atoms. The van der Waals surface area contributed by atoms with Gasteiger partial charge in [-0.05, 0) is 56.9 Å². The first-order chi connectivity index (χ1) is 15.8. The van der Waals surface area contributed by atoms with Crippen LogP contribution in [0.4, 0.5) is 4.79 Å². The smallest absolute Gasteiger partial charge is 0.410 e. The second-order valence-electron chi connectivity index (χ2n) is 9.75. The molecule has 1 unspecified atom stereocenters. The highest BCUT2D eigenvalue weighted by atomic mass is 16.6. The number of carbonyl (C=O) groups is 1. The van der Waals surface area contributed by atoms with Crippen molar-refractivity contribution in [1.29, 1.82) is 0 Å². The molecule has 0 aliphatic carbocycles. The van der Waals surface area contributed by atoms with E-state index in [1.54, 1.807) is 0 Å². The minimum Gasteiger partial charge on any atom is -0.444 e. The highest BCUT2D eigenvalue weighted by Crippen LogP contribution is 2.23. The van der Waals surface area contributed by atoms with Gasteiger partial charge in [0.25, 0.3) is 0 Å². The highest BCUT2D eigenvalue weighted by molar-refractivity contribution is 5.73. The molecule has 176 valence electrons. The fraction of sp³-hybridized carbons (Fsp3) is 0.462. The van der Waals surface area contributed by atoms with Crippen LogP contribution < -0.4 is 5.73 Å². The third-order valence-corrected chi connectivity index (χ3v) is 5.73. The summed E-state index contributed by atoms with van der Waals surface area (Å²) in [6.07, 6.45) is 1.37. The van der Waals surface area contributed by atoms with Gasteiger partial charge in [0.2, 0.25) is 5.89 Å². The summed E-state index contributed by atoms with van der Waals surface area (Å²) in [5.41, 5.74) is 9.81. The van der Waals surface area contributed by atoms with Gasteiger partial charge in [-0.25, -0.2) is 9.78 Å². The Morgan fingerprint density at radius 2 is 1.88 bits per heavy atom. The highest BCUT2D eigenvalue weighted by Gasteiger charge is 2.24. The first-order valence-corrected chi connectivity index (χ1v) is 11.7. The molecule has 2 heterocycles. The summed E-state index contributed by atoms with van der Waals surface area (Å²) in [7, 11) is 0. The molecule has 2 aromatic carbocycles. The number of nitrogens with zero attached hydrogens (tertiary/aromatic N) is 3. The summed E-state index contributed by atoms with van der Waals surface area (Å²) in [5.74, 6) is 0.564. The zero-order valence-corrected chi connectivity index (χ0v) is 19.8. The molecule has 0 saturated carbocycles. The van der Waals surface area contributed by atoms with Crippen LogP contribution in [-0.2, 0) is 17.7 Å². The lowest BCUT2D eigenvalue weighted by molar-refractivity contribution is 0.0257. The van der Waals surface area contributed by atoms with E-state index in [2.05, 4.69) is 34.1 Å². The standard InChI is InChI=1S/C26H34N4O3/c1-26(2,3)33-25(31)30-13-7-12-29(14-15-30)18-20-10-11-23-22(17-20)28-24(32-23)21(27)16-19-8-5-4-6-9-19/h4-6,8-11,17,21H,7,12-16,18,27H2,1-3H3. The van der Waals surface area contributed by atoms with Crippen molar-refractivity contribution in [2.24, 2.45) is 5.73 Å². The van der Waals surface area contributed by atoms with Gasteiger partial charge in [0.15, 0.2) is 5.58 Å². The van der Waals surface area contributed by atoms with Crippen molar-refractivity contribution in [2.45, 2.75) is 51.8 Å². The van der Waals surface area contributed by atoms with Crippen molar-refractivity contribution in [2.75, 3.05) is 26.2 Å². The van der Waals surface area contributed by atoms with Gasteiger partial charge in [0.05, 0.1) is 6.04 Å². The average molecular weight is 451 g/mol. The lowest BCUT2D eigenvalue weighted by Crippen LogP contribution is -2.39. The second kappa shape index (κ2) is 9.93. The predicted molar refractivity (Wildman–Crippen MR) is 129 cm³/mol. The Hall–Kier alpha value is -2.90. The maximum absolute atomic E-state index is 12.4. The molecule has 1 aliphatic rings. The van der Waals surface area contributed by atoms with Crippen molar-refractivity contribution in [3.05, 3.63) is 65.5 Å². The number of rotatable bonds is 5. The first kappa shape index (κ1) is 23.3. The van der Waals surface area contributed by atoms with Crippen molar-refractivity contribution in [3.63, 3.8) is 0 Å². The van der Waals surface area contributed by atoms with E-state index < -0.39 is 5.60 Å². The van der Waals surface area contributed by atoms with Gasteiger partial charge in [-0.2, -0.15) is 0 Å². The summed E-state index contributed by atoms with van der Waals surface area (Å²) in [4.78, 5) is 21.3. The first-order valence-electron chi connectivity index (χ1n) is 11.7. The monoisotopic (exact) mass is 450 g/mol. The summed E-state index contributed by atoms with van der Waals surface area (Å²) < 4.78 is 11.5. The predicted octanol–water partition coefficient (Wildman–Crippen LogP) is 4.51. The molecule has 0 spiro atoms. The Bertz CT molecular complexity index is 1070. The molecular weight excluding hydrogens is 416 g/mol. The number of ether oxygens (including phenoxy) is 1. The van der Waals surface area contributed by atoms with Gasteiger partial charge in [-0.3, -0.25) is 4.90 Å². The molecule has 1 atom stereocenters. The van der Waals surface area contributed by atoms with Gasteiger partial charge < -0.3 is 19.8 Å². The Labute approximate surface area is 195 Å². The molecule has 1 amide bonds. The molecule has 7 heteroatoms. The van der Waals surface area contributed by atoms with E-state index in [1.807, 2.05) is 49.9 Å². The zero-order chi connectivity index (χ0) is 23.4. The van der Waals surface area contributed by atoms with Crippen LogP contribution in [0.25, 0.3) is 11.1 Å². The molecule has 0 bridgehead atoms. The quantitative estimate of drug-likeness (QED) is 0.616. The van der Waals surface area contributed by atoms with Gasteiger partial charge in [-0.15, -0.1) is 0 Å². The third-order valence-electron chi connectivity index (χ3n) is 5.73. The van der Waals surface area contributed by atoms with Gasteiger partial charge in [0, 0.05) is 32.7 Å². The number of carbonyl (C=O) groups excluding carboxylic acids is 1. The van der Waals surface area contributed by atoms with Crippen LogP contribution in [0.5, 0.6) is 0 Å². The maximum atomic E-state index is 12.4. The number of nitrogens with two attached hydrogens (primary N) is 1. The Morgan fingerprint density at radius 1 is 1.09 bits per heavy atom.